The summed E-state index contributed by atoms with van der Waals surface area (Å²) in [6, 6.07) is 3.78. The summed E-state index contributed by atoms with van der Waals surface area (Å²) < 4.78 is 5.71. The van der Waals surface area contributed by atoms with Crippen molar-refractivity contribution >= 4 is 34.8 Å². The highest BCUT2D eigenvalue weighted by Gasteiger charge is 2.35. The molecule has 108 valence electrons. The van der Waals surface area contributed by atoms with E-state index >= 15 is 0 Å². The topological polar surface area (TPSA) is 38.3 Å². The first-order valence-corrected chi connectivity index (χ1v) is 7.79. The Bertz CT molecular complexity index is 547. The number of carbonyl (C=O) groups excluding carboxylic acids is 1. The minimum Gasteiger partial charge on any atom is -0.378 e. The molecular formula is C15H17Cl2NO2. The van der Waals surface area contributed by atoms with Gasteiger partial charge < -0.3 is 10.1 Å². The molecule has 0 radical (unpaired) electrons. The van der Waals surface area contributed by atoms with Crippen molar-refractivity contribution in [1.82, 2.24) is 0 Å². The molecule has 1 N–H and O–H groups in total. The van der Waals surface area contributed by atoms with Gasteiger partial charge in [-0.05, 0) is 30.0 Å². The van der Waals surface area contributed by atoms with Crippen LogP contribution in [0.15, 0.2) is 12.1 Å². The summed E-state index contributed by atoms with van der Waals surface area (Å²) in [6.45, 7) is 2.87. The van der Waals surface area contributed by atoms with Crippen LogP contribution in [0.4, 0.5) is 5.69 Å². The maximum Gasteiger partial charge on any atom is 0.228 e. The number of hydrogen-bond donors (Lipinski definition) is 1. The quantitative estimate of drug-likeness (QED) is 0.859. The Hall–Kier alpha value is -0.770. The first-order valence-electron chi connectivity index (χ1n) is 6.98. The van der Waals surface area contributed by atoms with Crippen molar-refractivity contribution in [1.29, 1.82) is 0 Å². The number of amides is 1. The molecule has 3 nitrogen and oxygen atoms in total. The van der Waals surface area contributed by atoms with Crippen molar-refractivity contribution in [2.24, 2.45) is 5.92 Å². The minimum atomic E-state index is -0.170. The second-order valence-electron chi connectivity index (χ2n) is 5.43. The Morgan fingerprint density at radius 1 is 1.50 bits per heavy atom. The summed E-state index contributed by atoms with van der Waals surface area (Å²) in [7, 11) is 0. The van der Waals surface area contributed by atoms with E-state index in [9.17, 15) is 4.79 Å². The van der Waals surface area contributed by atoms with Crippen molar-refractivity contribution in [3.8, 4) is 0 Å². The number of anilines is 1. The third kappa shape index (κ3) is 2.43. The van der Waals surface area contributed by atoms with Crippen LogP contribution < -0.4 is 5.32 Å². The predicted molar refractivity (Wildman–Crippen MR) is 80.5 cm³/mol. The predicted octanol–water partition coefficient (Wildman–Crippen LogP) is 3.93. The van der Waals surface area contributed by atoms with E-state index < -0.39 is 0 Å². The summed E-state index contributed by atoms with van der Waals surface area (Å²) >= 11 is 13.0. The highest BCUT2D eigenvalue weighted by molar-refractivity contribution is 6.33. The second kappa shape index (κ2) is 5.55. The van der Waals surface area contributed by atoms with Crippen molar-refractivity contribution < 1.29 is 9.53 Å². The molecule has 2 heterocycles. The lowest BCUT2D eigenvalue weighted by molar-refractivity contribution is -0.115. The van der Waals surface area contributed by atoms with Crippen LogP contribution in [0.25, 0.3) is 0 Å². The van der Waals surface area contributed by atoms with E-state index in [-0.39, 0.29) is 23.3 Å². The molecule has 2 aliphatic rings. The van der Waals surface area contributed by atoms with Crippen LogP contribution in [0.3, 0.4) is 0 Å². The zero-order chi connectivity index (χ0) is 14.3. The lowest BCUT2D eigenvalue weighted by Crippen LogP contribution is -2.19. The SMILES string of the molecule is CCC1OCCC1C(Cl)c1cc2c(cc1Cl)NC(=O)C2. The van der Waals surface area contributed by atoms with Gasteiger partial charge in [0.2, 0.25) is 5.91 Å². The molecule has 1 aromatic rings. The largest absolute Gasteiger partial charge is 0.378 e. The number of halogens is 2. The molecule has 20 heavy (non-hydrogen) atoms. The minimum absolute atomic E-state index is 0.00923. The fraction of sp³-hybridized carbons (Fsp3) is 0.533. The van der Waals surface area contributed by atoms with Crippen molar-refractivity contribution in [2.75, 3.05) is 11.9 Å². The number of nitrogens with one attached hydrogen (secondary N) is 1. The van der Waals surface area contributed by atoms with E-state index in [2.05, 4.69) is 12.2 Å². The van der Waals surface area contributed by atoms with Crippen LogP contribution in [-0.2, 0) is 16.0 Å². The molecular weight excluding hydrogens is 297 g/mol. The molecule has 3 atom stereocenters. The van der Waals surface area contributed by atoms with Gasteiger partial charge in [-0.1, -0.05) is 24.6 Å². The third-order valence-corrected chi connectivity index (χ3v) is 5.07. The first kappa shape index (κ1) is 14.2. The molecule has 1 aromatic carbocycles. The Morgan fingerprint density at radius 3 is 3.05 bits per heavy atom. The highest BCUT2D eigenvalue weighted by atomic mass is 35.5. The molecule has 2 aliphatic heterocycles. The molecule has 0 aromatic heterocycles. The lowest BCUT2D eigenvalue weighted by atomic mass is 9.90. The van der Waals surface area contributed by atoms with Gasteiger partial charge in [-0.25, -0.2) is 0 Å². The van der Waals surface area contributed by atoms with Gasteiger partial charge in [0, 0.05) is 23.2 Å². The zero-order valence-electron chi connectivity index (χ0n) is 11.3. The van der Waals surface area contributed by atoms with E-state index in [1.807, 2.05) is 12.1 Å². The van der Waals surface area contributed by atoms with Crippen molar-refractivity contribution in [3.05, 3.63) is 28.3 Å². The number of benzene rings is 1. The van der Waals surface area contributed by atoms with E-state index in [1.165, 1.54) is 0 Å². The maximum absolute atomic E-state index is 11.4. The smallest absolute Gasteiger partial charge is 0.228 e. The van der Waals surface area contributed by atoms with Crippen LogP contribution >= 0.6 is 23.2 Å². The molecule has 0 aliphatic carbocycles. The average Bonchev–Trinajstić information content (AvgIpc) is 3.01. The molecule has 5 heteroatoms. The molecule has 1 saturated heterocycles. The Labute approximate surface area is 128 Å². The van der Waals surface area contributed by atoms with Crippen LogP contribution in [0.1, 0.15) is 36.3 Å². The number of alkyl halides is 1. The summed E-state index contributed by atoms with van der Waals surface area (Å²) in [4.78, 5) is 11.4. The summed E-state index contributed by atoms with van der Waals surface area (Å²) in [5, 5.41) is 3.25. The van der Waals surface area contributed by atoms with E-state index in [4.69, 9.17) is 27.9 Å². The molecule has 0 bridgehead atoms. The van der Waals surface area contributed by atoms with E-state index in [1.54, 1.807) is 0 Å². The van der Waals surface area contributed by atoms with E-state index in [0.29, 0.717) is 11.4 Å². The molecule has 0 spiro atoms. The van der Waals surface area contributed by atoms with Crippen LogP contribution in [0, 0.1) is 5.92 Å². The zero-order valence-corrected chi connectivity index (χ0v) is 12.8. The monoisotopic (exact) mass is 313 g/mol. The van der Waals surface area contributed by atoms with Gasteiger partial charge in [0.15, 0.2) is 0 Å². The lowest BCUT2D eigenvalue weighted by Gasteiger charge is -2.23. The number of hydrogen-bond acceptors (Lipinski definition) is 2. The Balaban J connectivity index is 1.90. The van der Waals surface area contributed by atoms with Gasteiger partial charge in [-0.15, -0.1) is 11.6 Å². The fourth-order valence-corrected chi connectivity index (χ4v) is 3.94. The van der Waals surface area contributed by atoms with Gasteiger partial charge in [-0.2, -0.15) is 0 Å². The van der Waals surface area contributed by atoms with Crippen LogP contribution in [0.2, 0.25) is 5.02 Å². The number of fused-ring (bicyclic) bond motifs is 1. The van der Waals surface area contributed by atoms with Crippen LogP contribution in [0.5, 0.6) is 0 Å². The summed E-state index contributed by atoms with van der Waals surface area (Å²) in [6.07, 6.45) is 2.51. The molecule has 0 saturated carbocycles. The van der Waals surface area contributed by atoms with Gasteiger partial charge >= 0.3 is 0 Å². The van der Waals surface area contributed by atoms with Gasteiger partial charge in [-0.3, -0.25) is 4.79 Å². The van der Waals surface area contributed by atoms with Gasteiger partial charge in [0.25, 0.3) is 0 Å². The fourth-order valence-electron chi connectivity index (χ4n) is 3.13. The molecule has 1 fully saturated rings. The number of rotatable bonds is 3. The Morgan fingerprint density at radius 2 is 2.30 bits per heavy atom. The highest BCUT2D eigenvalue weighted by Crippen LogP contribution is 2.43. The van der Waals surface area contributed by atoms with Crippen molar-refractivity contribution in [3.63, 3.8) is 0 Å². The van der Waals surface area contributed by atoms with Gasteiger partial charge in [0.05, 0.1) is 17.9 Å². The van der Waals surface area contributed by atoms with Crippen LogP contribution in [-0.4, -0.2) is 18.6 Å². The number of ether oxygens (including phenoxy) is 1. The Kier molecular flexibility index (Phi) is 3.93. The molecule has 1 amide bonds. The third-order valence-electron chi connectivity index (χ3n) is 4.18. The van der Waals surface area contributed by atoms with E-state index in [0.717, 1.165) is 36.3 Å². The maximum atomic E-state index is 11.4. The standard InChI is InChI=1S/C15H17Cl2NO2/c1-2-13-9(3-4-20-13)15(17)10-5-8-6-14(19)18-12(8)7-11(10)16/h5,7,9,13,15H,2-4,6H2,1H3,(H,18,19). The summed E-state index contributed by atoms with van der Waals surface area (Å²) in [5.41, 5.74) is 2.70. The second-order valence-corrected chi connectivity index (χ2v) is 6.30. The number of carbonyl (C=O) groups is 1. The average molecular weight is 314 g/mol. The summed E-state index contributed by atoms with van der Waals surface area (Å²) in [5.74, 6) is 0.289. The van der Waals surface area contributed by atoms with Crippen molar-refractivity contribution in [2.45, 2.75) is 37.7 Å². The molecule has 3 unspecified atom stereocenters. The normalized spacial score (nSPS) is 26.4. The first-order chi connectivity index (χ1) is 9.60. The van der Waals surface area contributed by atoms with Gasteiger partial charge in [0.1, 0.15) is 0 Å². The molecule has 3 rings (SSSR count).